The Kier molecular flexibility index (Phi) is 3.31. The van der Waals surface area contributed by atoms with E-state index in [-0.39, 0.29) is 17.0 Å². The van der Waals surface area contributed by atoms with E-state index in [1.807, 2.05) is 0 Å². The highest BCUT2D eigenvalue weighted by Crippen LogP contribution is 2.34. The van der Waals surface area contributed by atoms with Crippen LogP contribution in [0.25, 0.3) is 0 Å². The number of amides is 2. The molecule has 0 aliphatic carbocycles. The molecular weight excluding hydrogens is 262 g/mol. The van der Waals surface area contributed by atoms with Crippen LogP contribution in [-0.2, 0) is 9.59 Å². The number of rotatable bonds is 3. The first-order valence-corrected chi connectivity index (χ1v) is 5.86. The van der Waals surface area contributed by atoms with Crippen LogP contribution in [0.3, 0.4) is 0 Å². The standard InChI is InChI=1S/C14H13NO5/c1-7-8(2)13(17)15(12(7)16)10-6-9(14(18)19)4-5-11(10)20-3/h4-6H,1-3H3,(H,18,19). The van der Waals surface area contributed by atoms with Gasteiger partial charge in [0.15, 0.2) is 0 Å². The molecule has 0 spiro atoms. The van der Waals surface area contributed by atoms with Crippen LogP contribution in [0.2, 0.25) is 0 Å². The Balaban J connectivity index is 2.58. The smallest absolute Gasteiger partial charge is 0.335 e. The SMILES string of the molecule is COc1ccc(C(=O)O)cc1N1C(=O)C(C)=C(C)C1=O. The molecule has 0 fully saturated rings. The molecule has 0 bridgehead atoms. The maximum atomic E-state index is 12.1. The first kappa shape index (κ1) is 13.8. The minimum absolute atomic E-state index is 0.0244. The number of anilines is 1. The number of carboxylic acid groups (broad SMARTS) is 1. The molecule has 0 saturated heterocycles. The topological polar surface area (TPSA) is 83.9 Å². The molecule has 6 heteroatoms. The van der Waals surface area contributed by atoms with Crippen molar-refractivity contribution < 1.29 is 24.2 Å². The van der Waals surface area contributed by atoms with Gasteiger partial charge in [-0.05, 0) is 32.0 Å². The number of imide groups is 1. The molecule has 0 unspecified atom stereocenters. The van der Waals surface area contributed by atoms with Gasteiger partial charge in [-0.25, -0.2) is 9.69 Å². The second-order valence-electron chi connectivity index (χ2n) is 4.39. The largest absolute Gasteiger partial charge is 0.495 e. The molecule has 1 N–H and O–H groups in total. The number of aromatic carboxylic acids is 1. The zero-order valence-electron chi connectivity index (χ0n) is 11.3. The van der Waals surface area contributed by atoms with E-state index in [0.29, 0.717) is 11.1 Å². The van der Waals surface area contributed by atoms with Gasteiger partial charge in [-0.2, -0.15) is 0 Å². The average Bonchev–Trinajstić information content (AvgIpc) is 2.62. The Morgan fingerprint density at radius 3 is 2.15 bits per heavy atom. The third-order valence-electron chi connectivity index (χ3n) is 3.28. The summed E-state index contributed by atoms with van der Waals surface area (Å²) in [4.78, 5) is 36.2. The zero-order chi connectivity index (χ0) is 15.0. The fourth-order valence-electron chi connectivity index (χ4n) is 1.96. The number of carbonyl (C=O) groups excluding carboxylic acids is 2. The van der Waals surface area contributed by atoms with Crippen molar-refractivity contribution in [2.24, 2.45) is 0 Å². The van der Waals surface area contributed by atoms with Crippen molar-refractivity contribution in [3.63, 3.8) is 0 Å². The molecule has 6 nitrogen and oxygen atoms in total. The third-order valence-corrected chi connectivity index (χ3v) is 3.28. The summed E-state index contributed by atoms with van der Waals surface area (Å²) in [5.41, 5.74) is 0.803. The van der Waals surface area contributed by atoms with Crippen LogP contribution in [0.5, 0.6) is 5.75 Å². The molecule has 0 aromatic heterocycles. The van der Waals surface area contributed by atoms with Crippen LogP contribution in [0.15, 0.2) is 29.3 Å². The highest BCUT2D eigenvalue weighted by molar-refractivity contribution is 6.33. The van der Waals surface area contributed by atoms with Crippen molar-refractivity contribution in [1.29, 1.82) is 0 Å². The summed E-state index contributed by atoms with van der Waals surface area (Å²) in [6, 6.07) is 4.02. The molecule has 0 radical (unpaired) electrons. The molecule has 2 rings (SSSR count). The fourth-order valence-corrected chi connectivity index (χ4v) is 1.96. The van der Waals surface area contributed by atoms with Gasteiger partial charge in [0.2, 0.25) is 0 Å². The molecule has 2 amide bonds. The van der Waals surface area contributed by atoms with E-state index in [0.717, 1.165) is 4.90 Å². The Bertz CT molecular complexity index is 636. The van der Waals surface area contributed by atoms with E-state index in [1.54, 1.807) is 13.8 Å². The number of hydrogen-bond acceptors (Lipinski definition) is 4. The van der Waals surface area contributed by atoms with Gasteiger partial charge in [0.25, 0.3) is 11.8 Å². The molecule has 1 aromatic carbocycles. The van der Waals surface area contributed by atoms with Gasteiger partial charge in [-0.15, -0.1) is 0 Å². The number of methoxy groups -OCH3 is 1. The lowest BCUT2D eigenvalue weighted by Crippen LogP contribution is -2.31. The van der Waals surface area contributed by atoms with Gasteiger partial charge < -0.3 is 9.84 Å². The number of hydrogen-bond donors (Lipinski definition) is 1. The second kappa shape index (κ2) is 4.80. The van der Waals surface area contributed by atoms with Gasteiger partial charge in [0.05, 0.1) is 18.4 Å². The highest BCUT2D eigenvalue weighted by atomic mass is 16.5. The summed E-state index contributed by atoms with van der Waals surface area (Å²) in [6.45, 7) is 3.12. The third kappa shape index (κ3) is 1.95. The van der Waals surface area contributed by atoms with Gasteiger partial charge in [0.1, 0.15) is 5.75 Å². The number of benzene rings is 1. The fraction of sp³-hybridized carbons (Fsp3) is 0.214. The quantitative estimate of drug-likeness (QED) is 0.847. The Morgan fingerprint density at radius 1 is 1.15 bits per heavy atom. The maximum absolute atomic E-state index is 12.1. The predicted octanol–water partition coefficient (Wildman–Crippen LogP) is 1.60. The summed E-state index contributed by atoms with van der Waals surface area (Å²) in [6.07, 6.45) is 0. The van der Waals surface area contributed by atoms with Crippen LogP contribution in [0, 0.1) is 0 Å². The molecule has 104 valence electrons. The summed E-state index contributed by atoms with van der Waals surface area (Å²) in [5, 5.41) is 9.01. The summed E-state index contributed by atoms with van der Waals surface area (Å²) in [7, 11) is 1.39. The first-order chi connectivity index (χ1) is 9.38. The van der Waals surface area contributed by atoms with Crippen molar-refractivity contribution in [2.75, 3.05) is 12.0 Å². The van der Waals surface area contributed by atoms with Crippen LogP contribution in [0.4, 0.5) is 5.69 Å². The molecule has 1 aliphatic heterocycles. The number of nitrogens with zero attached hydrogens (tertiary/aromatic N) is 1. The van der Waals surface area contributed by atoms with Crippen molar-refractivity contribution in [3.8, 4) is 5.75 Å². The van der Waals surface area contributed by atoms with Gasteiger partial charge in [0, 0.05) is 11.1 Å². The number of carbonyl (C=O) groups is 3. The summed E-state index contributed by atoms with van der Waals surface area (Å²) in [5.74, 6) is -1.81. The molecular formula is C14H13NO5. The summed E-state index contributed by atoms with van der Waals surface area (Å²) >= 11 is 0. The van der Waals surface area contributed by atoms with Crippen molar-refractivity contribution >= 4 is 23.5 Å². The predicted molar refractivity (Wildman–Crippen MR) is 70.8 cm³/mol. The first-order valence-electron chi connectivity index (χ1n) is 5.86. The lowest BCUT2D eigenvalue weighted by atomic mass is 10.1. The van der Waals surface area contributed by atoms with E-state index in [4.69, 9.17) is 9.84 Å². The molecule has 0 saturated carbocycles. The molecule has 1 heterocycles. The Labute approximate surface area is 115 Å². The van der Waals surface area contributed by atoms with Crippen LogP contribution < -0.4 is 9.64 Å². The van der Waals surface area contributed by atoms with E-state index in [1.165, 1.54) is 25.3 Å². The molecule has 20 heavy (non-hydrogen) atoms. The number of ether oxygens (including phenoxy) is 1. The molecule has 0 atom stereocenters. The average molecular weight is 275 g/mol. The lowest BCUT2D eigenvalue weighted by Gasteiger charge is -2.18. The van der Waals surface area contributed by atoms with Gasteiger partial charge in [-0.3, -0.25) is 9.59 Å². The van der Waals surface area contributed by atoms with Crippen LogP contribution >= 0.6 is 0 Å². The van der Waals surface area contributed by atoms with E-state index in [2.05, 4.69) is 0 Å². The second-order valence-corrected chi connectivity index (χ2v) is 4.39. The van der Waals surface area contributed by atoms with Crippen molar-refractivity contribution in [2.45, 2.75) is 13.8 Å². The minimum atomic E-state index is -1.14. The monoisotopic (exact) mass is 275 g/mol. The minimum Gasteiger partial charge on any atom is -0.495 e. The molecule has 1 aliphatic rings. The zero-order valence-corrected chi connectivity index (χ0v) is 11.3. The normalized spacial score (nSPS) is 15.1. The lowest BCUT2D eigenvalue weighted by molar-refractivity contribution is -0.120. The van der Waals surface area contributed by atoms with E-state index >= 15 is 0 Å². The van der Waals surface area contributed by atoms with E-state index in [9.17, 15) is 14.4 Å². The Morgan fingerprint density at radius 2 is 1.70 bits per heavy atom. The molecule has 1 aromatic rings. The van der Waals surface area contributed by atoms with Crippen molar-refractivity contribution in [3.05, 3.63) is 34.9 Å². The van der Waals surface area contributed by atoms with Crippen molar-refractivity contribution in [1.82, 2.24) is 0 Å². The Hall–Kier alpha value is -2.63. The maximum Gasteiger partial charge on any atom is 0.335 e. The van der Waals surface area contributed by atoms with Gasteiger partial charge in [-0.1, -0.05) is 0 Å². The highest BCUT2D eigenvalue weighted by Gasteiger charge is 2.36. The summed E-state index contributed by atoms with van der Waals surface area (Å²) < 4.78 is 5.10. The number of carboxylic acids is 1. The van der Waals surface area contributed by atoms with Gasteiger partial charge >= 0.3 is 5.97 Å². The van der Waals surface area contributed by atoms with Crippen LogP contribution in [-0.4, -0.2) is 30.0 Å². The van der Waals surface area contributed by atoms with E-state index < -0.39 is 17.8 Å². The van der Waals surface area contributed by atoms with Crippen LogP contribution in [0.1, 0.15) is 24.2 Å².